The molecular weight excluding hydrogens is 308 g/mol. The van der Waals surface area contributed by atoms with Crippen molar-refractivity contribution in [3.8, 4) is 0 Å². The zero-order valence-electron chi connectivity index (χ0n) is 14.6. The van der Waals surface area contributed by atoms with Crippen LogP contribution in [0.4, 0.5) is 5.69 Å². The zero-order chi connectivity index (χ0) is 17.1. The van der Waals surface area contributed by atoms with Gasteiger partial charge in [0.25, 0.3) is 0 Å². The number of pyridine rings is 1. The average molecular weight is 331 g/mol. The summed E-state index contributed by atoms with van der Waals surface area (Å²) in [4.78, 5) is 2.38. The van der Waals surface area contributed by atoms with E-state index in [4.69, 9.17) is 4.74 Å². The summed E-state index contributed by atoms with van der Waals surface area (Å²) in [6.45, 7) is 3.59. The summed E-state index contributed by atoms with van der Waals surface area (Å²) in [5.74, 6) is 0. The van der Waals surface area contributed by atoms with E-state index in [0.717, 1.165) is 26.3 Å². The molecule has 1 fully saturated rings. The molecule has 0 radical (unpaired) electrons. The van der Waals surface area contributed by atoms with Crippen LogP contribution in [0.1, 0.15) is 11.1 Å². The van der Waals surface area contributed by atoms with Crippen LogP contribution in [0, 0.1) is 0 Å². The molecule has 2 heterocycles. The lowest BCUT2D eigenvalue weighted by Gasteiger charge is -2.28. The molecule has 0 unspecified atom stereocenters. The molecule has 0 bridgehead atoms. The van der Waals surface area contributed by atoms with Crippen molar-refractivity contribution in [2.45, 2.75) is 0 Å². The van der Waals surface area contributed by atoms with Crippen LogP contribution >= 0.6 is 0 Å². The summed E-state index contributed by atoms with van der Waals surface area (Å²) in [6, 6.07) is 19.5. The van der Waals surface area contributed by atoms with Crippen LogP contribution < -0.4 is 9.47 Å². The van der Waals surface area contributed by atoms with Gasteiger partial charge in [0.1, 0.15) is 7.05 Å². The molecule has 1 saturated heterocycles. The third-order valence-electron chi connectivity index (χ3n) is 4.80. The number of rotatable bonds is 3. The van der Waals surface area contributed by atoms with Gasteiger partial charge in [-0.25, -0.2) is 4.57 Å². The van der Waals surface area contributed by atoms with Crippen LogP contribution in [0.3, 0.4) is 0 Å². The van der Waals surface area contributed by atoms with E-state index < -0.39 is 0 Å². The summed E-state index contributed by atoms with van der Waals surface area (Å²) in [6.07, 6.45) is 6.50. The Hall–Kier alpha value is -2.65. The van der Waals surface area contributed by atoms with Crippen LogP contribution in [0.15, 0.2) is 60.8 Å². The van der Waals surface area contributed by atoms with Gasteiger partial charge in [0, 0.05) is 30.9 Å². The highest BCUT2D eigenvalue weighted by Crippen LogP contribution is 2.20. The van der Waals surface area contributed by atoms with Crippen molar-refractivity contribution in [2.24, 2.45) is 7.05 Å². The molecule has 0 saturated carbocycles. The second-order valence-corrected chi connectivity index (χ2v) is 6.42. The molecule has 0 atom stereocenters. The summed E-state index contributed by atoms with van der Waals surface area (Å²) in [7, 11) is 2.08. The summed E-state index contributed by atoms with van der Waals surface area (Å²) >= 11 is 0. The monoisotopic (exact) mass is 331 g/mol. The van der Waals surface area contributed by atoms with Gasteiger partial charge in [0.2, 0.25) is 5.52 Å². The van der Waals surface area contributed by atoms with Gasteiger partial charge in [0.15, 0.2) is 6.20 Å². The van der Waals surface area contributed by atoms with Gasteiger partial charge in [-0.3, -0.25) is 0 Å². The fourth-order valence-corrected chi connectivity index (χ4v) is 3.34. The van der Waals surface area contributed by atoms with Gasteiger partial charge in [-0.1, -0.05) is 36.4 Å². The predicted molar refractivity (Wildman–Crippen MR) is 104 cm³/mol. The van der Waals surface area contributed by atoms with Gasteiger partial charge >= 0.3 is 0 Å². The number of aryl methyl sites for hydroxylation is 1. The first-order chi connectivity index (χ1) is 12.3. The number of nitrogens with zero attached hydrogens (tertiary/aromatic N) is 2. The highest BCUT2D eigenvalue weighted by atomic mass is 16.5. The van der Waals surface area contributed by atoms with Crippen LogP contribution in [0.25, 0.3) is 23.1 Å². The smallest absolute Gasteiger partial charge is 0.212 e. The van der Waals surface area contributed by atoms with E-state index in [1.54, 1.807) is 0 Å². The molecule has 1 aliphatic heterocycles. The van der Waals surface area contributed by atoms with Gasteiger partial charge in [-0.2, -0.15) is 0 Å². The normalized spacial score (nSPS) is 15.2. The van der Waals surface area contributed by atoms with Gasteiger partial charge in [0.05, 0.1) is 18.6 Å². The molecule has 4 rings (SSSR count). The Kier molecular flexibility index (Phi) is 4.49. The molecular formula is C22H23N2O+. The molecule has 0 spiro atoms. The number of fused-ring (bicyclic) bond motifs is 1. The topological polar surface area (TPSA) is 16.4 Å². The lowest BCUT2D eigenvalue weighted by atomic mass is 10.1. The third-order valence-corrected chi connectivity index (χ3v) is 4.80. The predicted octanol–water partition coefficient (Wildman–Crippen LogP) is 3.67. The number of aromatic nitrogens is 1. The lowest BCUT2D eigenvalue weighted by Crippen LogP contribution is -2.36. The van der Waals surface area contributed by atoms with Crippen molar-refractivity contribution >= 4 is 28.7 Å². The van der Waals surface area contributed by atoms with Crippen molar-refractivity contribution in [2.75, 3.05) is 31.2 Å². The van der Waals surface area contributed by atoms with Crippen molar-refractivity contribution in [3.05, 3.63) is 71.9 Å². The second-order valence-electron chi connectivity index (χ2n) is 6.42. The Balaban J connectivity index is 1.57. The Morgan fingerprint density at radius 2 is 1.68 bits per heavy atom. The highest BCUT2D eigenvalue weighted by molar-refractivity contribution is 5.88. The molecule has 2 aromatic carbocycles. The molecule has 3 aromatic rings. The quantitative estimate of drug-likeness (QED) is 0.681. The molecule has 126 valence electrons. The molecule has 3 nitrogen and oxygen atoms in total. The van der Waals surface area contributed by atoms with Crippen LogP contribution in [-0.2, 0) is 11.8 Å². The Morgan fingerprint density at radius 1 is 0.920 bits per heavy atom. The largest absolute Gasteiger partial charge is 0.378 e. The third kappa shape index (κ3) is 3.42. The van der Waals surface area contributed by atoms with E-state index in [2.05, 4.69) is 89.5 Å². The first-order valence-corrected chi connectivity index (χ1v) is 8.79. The Labute approximate surface area is 148 Å². The average Bonchev–Trinajstić information content (AvgIpc) is 2.69. The van der Waals surface area contributed by atoms with Crippen molar-refractivity contribution in [1.82, 2.24) is 0 Å². The Morgan fingerprint density at radius 3 is 2.48 bits per heavy atom. The molecule has 1 aromatic heterocycles. The van der Waals surface area contributed by atoms with E-state index in [0.29, 0.717) is 0 Å². The van der Waals surface area contributed by atoms with Gasteiger partial charge in [-0.05, 0) is 29.3 Å². The zero-order valence-corrected chi connectivity index (χ0v) is 14.6. The molecule has 0 N–H and O–H groups in total. The maximum atomic E-state index is 5.42. The number of hydrogen-bond acceptors (Lipinski definition) is 2. The first-order valence-electron chi connectivity index (χ1n) is 8.79. The standard InChI is InChI=1S/C22H23N2O/c1-23-13-12-19(21-4-2-3-5-22(21)23)9-6-18-7-10-20(11-8-18)24-14-16-25-17-15-24/h2-13H,14-17H2,1H3/q+1. The summed E-state index contributed by atoms with van der Waals surface area (Å²) < 4.78 is 7.58. The maximum Gasteiger partial charge on any atom is 0.212 e. The number of anilines is 1. The molecule has 25 heavy (non-hydrogen) atoms. The second kappa shape index (κ2) is 7.08. The number of morpholine rings is 1. The van der Waals surface area contributed by atoms with Crippen LogP contribution in [0.2, 0.25) is 0 Å². The van der Waals surface area contributed by atoms with Crippen molar-refractivity contribution in [1.29, 1.82) is 0 Å². The number of ether oxygens (including phenoxy) is 1. The first kappa shape index (κ1) is 15.9. The highest BCUT2D eigenvalue weighted by Gasteiger charge is 2.10. The number of hydrogen-bond donors (Lipinski definition) is 0. The Bertz CT molecular complexity index is 894. The van der Waals surface area contributed by atoms with Crippen molar-refractivity contribution < 1.29 is 9.30 Å². The van der Waals surface area contributed by atoms with E-state index >= 15 is 0 Å². The lowest BCUT2D eigenvalue weighted by molar-refractivity contribution is -0.644. The molecule has 1 aliphatic rings. The maximum absolute atomic E-state index is 5.42. The molecule has 3 heteroatoms. The minimum absolute atomic E-state index is 0.820. The van der Waals surface area contributed by atoms with E-state index in [-0.39, 0.29) is 0 Å². The summed E-state index contributed by atoms with van der Waals surface area (Å²) in [5, 5.41) is 1.27. The van der Waals surface area contributed by atoms with Gasteiger partial charge in [-0.15, -0.1) is 0 Å². The van der Waals surface area contributed by atoms with E-state index in [9.17, 15) is 0 Å². The summed E-state index contributed by atoms with van der Waals surface area (Å²) in [5.41, 5.74) is 4.98. The van der Waals surface area contributed by atoms with Crippen LogP contribution in [0.5, 0.6) is 0 Å². The van der Waals surface area contributed by atoms with Crippen LogP contribution in [-0.4, -0.2) is 26.3 Å². The van der Waals surface area contributed by atoms with E-state index in [1.165, 1.54) is 27.7 Å². The number of benzene rings is 2. The minimum atomic E-state index is 0.820. The van der Waals surface area contributed by atoms with Crippen molar-refractivity contribution in [3.63, 3.8) is 0 Å². The van der Waals surface area contributed by atoms with Gasteiger partial charge < -0.3 is 9.64 Å². The molecule has 0 aliphatic carbocycles. The fraction of sp³-hybridized carbons (Fsp3) is 0.227. The molecule has 0 amide bonds. The fourth-order valence-electron chi connectivity index (χ4n) is 3.34. The SMILES string of the molecule is C[n+]1ccc(/C=C/c2ccc(N3CCOCC3)cc2)c2ccccc21. The number of para-hydroxylation sites is 1. The van der Waals surface area contributed by atoms with E-state index in [1.807, 2.05) is 0 Å². The minimum Gasteiger partial charge on any atom is -0.378 e.